The summed E-state index contributed by atoms with van der Waals surface area (Å²) in [5.74, 6) is 0.546. The van der Waals surface area contributed by atoms with Crippen molar-refractivity contribution in [2.75, 3.05) is 6.61 Å². The first-order chi connectivity index (χ1) is 9.00. The monoisotopic (exact) mass is 266 g/mol. The van der Waals surface area contributed by atoms with Crippen molar-refractivity contribution in [3.8, 4) is 0 Å². The number of imidazole rings is 1. The summed E-state index contributed by atoms with van der Waals surface area (Å²) in [5.41, 5.74) is -0.192. The van der Waals surface area contributed by atoms with Crippen LogP contribution in [-0.4, -0.2) is 36.5 Å². The summed E-state index contributed by atoms with van der Waals surface area (Å²) in [5, 5.41) is 9.75. The predicted octanol–water partition coefficient (Wildman–Crippen LogP) is -1.68. The van der Waals surface area contributed by atoms with E-state index in [1.54, 1.807) is 11.6 Å². The summed E-state index contributed by atoms with van der Waals surface area (Å²) in [6.07, 6.45) is -0.694. The van der Waals surface area contributed by atoms with Gasteiger partial charge < -0.3 is 14.4 Å². The SMILES string of the molecule is Cn1c(=O)c2c(nc3n2C[C@H](O)COC3)n(C)c1=O. The lowest BCUT2D eigenvalue weighted by atomic mass is 10.3. The topological polar surface area (TPSA) is 91.3 Å². The molecule has 1 aliphatic heterocycles. The number of rotatable bonds is 0. The molecule has 0 aliphatic carbocycles. The lowest BCUT2D eigenvalue weighted by molar-refractivity contribution is 0.0338. The van der Waals surface area contributed by atoms with Crippen molar-refractivity contribution in [2.24, 2.45) is 14.1 Å². The van der Waals surface area contributed by atoms with E-state index in [4.69, 9.17) is 4.74 Å². The molecule has 0 spiro atoms. The van der Waals surface area contributed by atoms with Gasteiger partial charge in [-0.05, 0) is 0 Å². The Balaban J connectivity index is 2.44. The third-order valence-electron chi connectivity index (χ3n) is 3.36. The Morgan fingerprint density at radius 1 is 1.32 bits per heavy atom. The molecular weight excluding hydrogens is 252 g/mol. The zero-order valence-electron chi connectivity index (χ0n) is 10.7. The van der Waals surface area contributed by atoms with E-state index in [0.717, 1.165) is 4.57 Å². The Labute approximate surface area is 107 Å². The second kappa shape index (κ2) is 4.04. The number of hydrogen-bond acceptors (Lipinski definition) is 5. The fourth-order valence-corrected chi connectivity index (χ4v) is 2.35. The molecule has 2 aromatic heterocycles. The van der Waals surface area contributed by atoms with Gasteiger partial charge in [0.25, 0.3) is 5.56 Å². The van der Waals surface area contributed by atoms with E-state index >= 15 is 0 Å². The first kappa shape index (κ1) is 12.1. The van der Waals surface area contributed by atoms with Crippen LogP contribution in [0.15, 0.2) is 9.59 Å². The summed E-state index contributed by atoms with van der Waals surface area (Å²) in [6.45, 7) is 0.652. The Hall–Kier alpha value is -1.93. The van der Waals surface area contributed by atoms with Gasteiger partial charge in [-0.15, -0.1) is 0 Å². The molecule has 0 saturated heterocycles. The first-order valence-corrected chi connectivity index (χ1v) is 5.91. The number of nitrogens with zero attached hydrogens (tertiary/aromatic N) is 4. The fraction of sp³-hybridized carbons (Fsp3) is 0.545. The Morgan fingerprint density at radius 3 is 2.79 bits per heavy atom. The van der Waals surface area contributed by atoms with Crippen LogP contribution in [0.5, 0.6) is 0 Å². The maximum absolute atomic E-state index is 12.2. The van der Waals surface area contributed by atoms with Crippen molar-refractivity contribution in [3.63, 3.8) is 0 Å². The summed E-state index contributed by atoms with van der Waals surface area (Å²) < 4.78 is 9.27. The van der Waals surface area contributed by atoms with Crippen molar-refractivity contribution in [1.82, 2.24) is 18.7 Å². The van der Waals surface area contributed by atoms with E-state index in [9.17, 15) is 14.7 Å². The number of hydrogen-bond donors (Lipinski definition) is 1. The Bertz CT molecular complexity index is 770. The quantitative estimate of drug-likeness (QED) is 0.615. The van der Waals surface area contributed by atoms with Crippen molar-refractivity contribution in [1.29, 1.82) is 0 Å². The van der Waals surface area contributed by atoms with Crippen LogP contribution in [0.25, 0.3) is 11.2 Å². The molecule has 3 rings (SSSR count). The van der Waals surface area contributed by atoms with Gasteiger partial charge in [-0.25, -0.2) is 9.78 Å². The zero-order chi connectivity index (χ0) is 13.7. The molecule has 3 heterocycles. The molecule has 19 heavy (non-hydrogen) atoms. The van der Waals surface area contributed by atoms with Crippen molar-refractivity contribution >= 4 is 11.2 Å². The smallest absolute Gasteiger partial charge is 0.332 e. The van der Waals surface area contributed by atoms with E-state index in [0.29, 0.717) is 17.0 Å². The molecule has 102 valence electrons. The maximum Gasteiger partial charge on any atom is 0.332 e. The van der Waals surface area contributed by atoms with Crippen LogP contribution in [0.4, 0.5) is 0 Å². The van der Waals surface area contributed by atoms with Gasteiger partial charge in [-0.2, -0.15) is 0 Å². The van der Waals surface area contributed by atoms with Gasteiger partial charge in [0.1, 0.15) is 12.4 Å². The van der Waals surface area contributed by atoms with Gasteiger partial charge in [-0.1, -0.05) is 0 Å². The minimum absolute atomic E-state index is 0.205. The summed E-state index contributed by atoms with van der Waals surface area (Å²) in [6, 6.07) is 0. The molecule has 0 unspecified atom stereocenters. The average molecular weight is 266 g/mol. The van der Waals surface area contributed by atoms with Crippen molar-refractivity contribution < 1.29 is 9.84 Å². The highest BCUT2D eigenvalue weighted by atomic mass is 16.5. The standard InChI is InChI=1S/C11H14N4O4/c1-13-9-8(10(17)14(2)11(13)18)15-3-6(16)4-19-5-7(15)12-9/h6,16H,3-5H2,1-2H3/t6-/m0/s1. The summed E-state index contributed by atoms with van der Waals surface area (Å²) in [7, 11) is 2.99. The molecule has 0 radical (unpaired) electrons. The van der Waals surface area contributed by atoms with Crippen LogP contribution in [0.2, 0.25) is 0 Å². The van der Waals surface area contributed by atoms with E-state index in [1.165, 1.54) is 11.6 Å². The van der Waals surface area contributed by atoms with Crippen LogP contribution < -0.4 is 11.2 Å². The number of aryl methyl sites for hydroxylation is 1. The number of aliphatic hydroxyl groups excluding tert-OH is 1. The molecule has 1 atom stereocenters. The second-order valence-electron chi connectivity index (χ2n) is 4.69. The van der Waals surface area contributed by atoms with E-state index in [2.05, 4.69) is 4.98 Å². The van der Waals surface area contributed by atoms with E-state index < -0.39 is 17.4 Å². The van der Waals surface area contributed by atoms with E-state index in [-0.39, 0.29) is 19.8 Å². The molecule has 1 N–H and O–H groups in total. The van der Waals surface area contributed by atoms with Gasteiger partial charge in [0.15, 0.2) is 11.2 Å². The number of fused-ring (bicyclic) bond motifs is 3. The third-order valence-corrected chi connectivity index (χ3v) is 3.36. The lowest BCUT2D eigenvalue weighted by Gasteiger charge is -2.09. The molecule has 0 bridgehead atoms. The minimum Gasteiger partial charge on any atom is -0.389 e. The van der Waals surface area contributed by atoms with Crippen molar-refractivity contribution in [3.05, 3.63) is 26.7 Å². The first-order valence-electron chi connectivity index (χ1n) is 5.91. The molecule has 8 heteroatoms. The minimum atomic E-state index is -0.694. The second-order valence-corrected chi connectivity index (χ2v) is 4.69. The molecule has 2 aromatic rings. The highest BCUT2D eigenvalue weighted by Gasteiger charge is 2.23. The predicted molar refractivity (Wildman–Crippen MR) is 65.9 cm³/mol. The summed E-state index contributed by atoms with van der Waals surface area (Å²) in [4.78, 5) is 28.4. The highest BCUT2D eigenvalue weighted by Crippen LogP contribution is 2.15. The van der Waals surface area contributed by atoms with Gasteiger partial charge in [0, 0.05) is 14.1 Å². The Morgan fingerprint density at radius 2 is 2.05 bits per heavy atom. The van der Waals surface area contributed by atoms with Crippen LogP contribution >= 0.6 is 0 Å². The molecular formula is C11H14N4O4. The zero-order valence-corrected chi connectivity index (χ0v) is 10.7. The summed E-state index contributed by atoms with van der Waals surface area (Å²) >= 11 is 0. The van der Waals surface area contributed by atoms with Crippen LogP contribution in [0, 0.1) is 0 Å². The van der Waals surface area contributed by atoms with Gasteiger partial charge in [0.2, 0.25) is 0 Å². The number of aromatic nitrogens is 4. The van der Waals surface area contributed by atoms with Crippen molar-refractivity contribution in [2.45, 2.75) is 19.3 Å². The molecule has 0 saturated carbocycles. The van der Waals surface area contributed by atoms with Crippen LogP contribution in [-0.2, 0) is 32.0 Å². The fourth-order valence-electron chi connectivity index (χ4n) is 2.35. The molecule has 8 nitrogen and oxygen atoms in total. The van der Waals surface area contributed by atoms with Crippen LogP contribution in [0.3, 0.4) is 0 Å². The maximum atomic E-state index is 12.2. The molecule has 1 aliphatic rings. The van der Waals surface area contributed by atoms with Gasteiger partial charge >= 0.3 is 5.69 Å². The van der Waals surface area contributed by atoms with Gasteiger partial charge in [0.05, 0.1) is 19.3 Å². The number of ether oxygens (including phenoxy) is 1. The molecule has 0 amide bonds. The lowest BCUT2D eigenvalue weighted by Crippen LogP contribution is -2.37. The third kappa shape index (κ3) is 1.64. The average Bonchev–Trinajstić information content (AvgIpc) is 2.63. The highest BCUT2D eigenvalue weighted by molar-refractivity contribution is 5.71. The van der Waals surface area contributed by atoms with E-state index in [1.807, 2.05) is 0 Å². The van der Waals surface area contributed by atoms with Crippen LogP contribution in [0.1, 0.15) is 5.82 Å². The number of aliphatic hydroxyl groups is 1. The normalized spacial score (nSPS) is 19.4. The van der Waals surface area contributed by atoms with Gasteiger partial charge in [-0.3, -0.25) is 13.9 Å². The largest absolute Gasteiger partial charge is 0.389 e. The Kier molecular flexibility index (Phi) is 2.58. The molecule has 0 aromatic carbocycles. The molecule has 0 fully saturated rings.